The van der Waals surface area contributed by atoms with Crippen molar-refractivity contribution in [2.75, 3.05) is 29.9 Å². The van der Waals surface area contributed by atoms with Gasteiger partial charge in [0.15, 0.2) is 0 Å². The van der Waals surface area contributed by atoms with Gasteiger partial charge in [-0.15, -0.1) is 0 Å². The molecule has 1 aliphatic heterocycles. The summed E-state index contributed by atoms with van der Waals surface area (Å²) < 4.78 is 5.39. The number of carbonyl (C=O) groups is 1. The summed E-state index contributed by atoms with van der Waals surface area (Å²) in [5, 5.41) is 5.91. The number of nitrogens with one attached hydrogen (secondary N) is 2. The van der Waals surface area contributed by atoms with Gasteiger partial charge in [0.2, 0.25) is 0 Å². The molecule has 0 radical (unpaired) electrons. The zero-order valence-electron chi connectivity index (χ0n) is 15.3. The number of carbonyl (C=O) groups excluding carboxylic acids is 1. The predicted octanol–water partition coefficient (Wildman–Crippen LogP) is 4.15. The minimum Gasteiger partial charge on any atom is -0.377 e. The zero-order chi connectivity index (χ0) is 18.2. The summed E-state index contributed by atoms with van der Waals surface area (Å²) in [6.07, 6.45) is 2.42. The first-order valence-corrected chi connectivity index (χ1v) is 9.30. The van der Waals surface area contributed by atoms with Crippen LogP contribution in [0.25, 0.3) is 0 Å². The fraction of sp³-hybridized carbons (Fsp3) is 0.381. The van der Waals surface area contributed by atoms with Gasteiger partial charge in [-0.2, -0.15) is 0 Å². The normalized spacial score (nSPS) is 13.7. The van der Waals surface area contributed by atoms with E-state index in [1.54, 1.807) is 0 Å². The molecule has 1 fully saturated rings. The maximum atomic E-state index is 12.3. The molecule has 5 heteroatoms. The molecule has 26 heavy (non-hydrogen) atoms. The van der Waals surface area contributed by atoms with Gasteiger partial charge in [-0.1, -0.05) is 36.4 Å². The summed E-state index contributed by atoms with van der Waals surface area (Å²) in [6.45, 7) is 5.91. The van der Waals surface area contributed by atoms with Gasteiger partial charge in [0.05, 0.1) is 18.0 Å². The fourth-order valence-electron chi connectivity index (χ4n) is 3.14. The second kappa shape index (κ2) is 9.25. The maximum absolute atomic E-state index is 12.3. The average Bonchev–Trinajstić information content (AvgIpc) is 3.20. The lowest BCUT2D eigenvalue weighted by Crippen LogP contribution is -2.29. The fourth-order valence-corrected chi connectivity index (χ4v) is 3.14. The number of hydrogen-bond donors (Lipinski definition) is 2. The Hall–Kier alpha value is -2.53. The molecule has 0 saturated carbocycles. The molecular formula is C21H27N3O2. The van der Waals surface area contributed by atoms with E-state index < -0.39 is 0 Å². The topological polar surface area (TPSA) is 53.6 Å². The highest BCUT2D eigenvalue weighted by Crippen LogP contribution is 2.28. The second-order valence-corrected chi connectivity index (χ2v) is 6.47. The summed E-state index contributed by atoms with van der Waals surface area (Å²) in [5.74, 6) is 0. The zero-order valence-corrected chi connectivity index (χ0v) is 15.3. The highest BCUT2D eigenvalue weighted by atomic mass is 16.5. The van der Waals surface area contributed by atoms with Crippen LogP contribution in [-0.2, 0) is 17.9 Å². The molecule has 0 aromatic heterocycles. The van der Waals surface area contributed by atoms with Gasteiger partial charge in [0.1, 0.15) is 0 Å². The molecule has 0 atom stereocenters. The summed E-state index contributed by atoms with van der Waals surface area (Å²) in [5.41, 5.74) is 4.16. The van der Waals surface area contributed by atoms with Gasteiger partial charge in [-0.3, -0.25) is 0 Å². The molecular weight excluding hydrogens is 326 g/mol. The number of hydrogen-bond acceptors (Lipinski definition) is 3. The van der Waals surface area contributed by atoms with Crippen molar-refractivity contribution < 1.29 is 9.53 Å². The van der Waals surface area contributed by atoms with Crippen molar-refractivity contribution in [3.63, 3.8) is 0 Å². The molecule has 2 aromatic rings. The Labute approximate surface area is 155 Å². The monoisotopic (exact) mass is 353 g/mol. The van der Waals surface area contributed by atoms with Crippen LogP contribution in [-0.4, -0.2) is 25.7 Å². The molecule has 1 heterocycles. The third-order valence-corrected chi connectivity index (χ3v) is 4.55. The summed E-state index contributed by atoms with van der Waals surface area (Å²) >= 11 is 0. The van der Waals surface area contributed by atoms with E-state index in [1.807, 2.05) is 49.4 Å². The third-order valence-electron chi connectivity index (χ3n) is 4.55. The number of anilines is 2. The average molecular weight is 353 g/mol. The lowest BCUT2D eigenvalue weighted by atomic mass is 10.1. The molecule has 2 amide bonds. The smallest absolute Gasteiger partial charge is 0.319 e. The van der Waals surface area contributed by atoms with Gasteiger partial charge >= 0.3 is 6.03 Å². The molecule has 0 aliphatic carbocycles. The molecule has 1 aliphatic rings. The molecule has 1 saturated heterocycles. The Balaban J connectivity index is 1.53. The Morgan fingerprint density at radius 3 is 2.46 bits per heavy atom. The number of nitrogens with zero attached hydrogens (tertiary/aromatic N) is 1. The highest BCUT2D eigenvalue weighted by molar-refractivity contribution is 5.93. The Morgan fingerprint density at radius 1 is 1.04 bits per heavy atom. The number of amides is 2. The summed E-state index contributed by atoms with van der Waals surface area (Å²) in [7, 11) is 0. The Morgan fingerprint density at radius 2 is 1.73 bits per heavy atom. The van der Waals surface area contributed by atoms with Gasteiger partial charge in [0, 0.05) is 26.2 Å². The van der Waals surface area contributed by atoms with Gasteiger partial charge in [0.25, 0.3) is 0 Å². The van der Waals surface area contributed by atoms with Gasteiger partial charge < -0.3 is 20.3 Å². The first kappa shape index (κ1) is 18.3. The molecule has 0 bridgehead atoms. The van der Waals surface area contributed by atoms with Crippen LogP contribution in [0.4, 0.5) is 16.2 Å². The molecule has 0 unspecified atom stereocenters. The first-order valence-electron chi connectivity index (χ1n) is 9.30. The maximum Gasteiger partial charge on any atom is 0.319 e. The van der Waals surface area contributed by atoms with Crippen molar-refractivity contribution in [1.29, 1.82) is 0 Å². The number of urea groups is 1. The standard InChI is InChI=1S/C21H27N3O2/c1-2-26-16-18-11-9-17(10-12-18)15-22-21(25)23-19-7-3-4-8-20(19)24-13-5-6-14-24/h3-4,7-12H,2,5-6,13-16H2,1H3,(H2,22,23,25). The van der Waals surface area contributed by atoms with Crippen molar-refractivity contribution in [3.05, 3.63) is 59.7 Å². The van der Waals surface area contributed by atoms with Crippen molar-refractivity contribution in [3.8, 4) is 0 Å². The van der Waals surface area contributed by atoms with E-state index in [9.17, 15) is 4.79 Å². The summed E-state index contributed by atoms with van der Waals surface area (Å²) in [4.78, 5) is 14.6. The van der Waals surface area contributed by atoms with Crippen LogP contribution in [0.15, 0.2) is 48.5 Å². The van der Waals surface area contributed by atoms with E-state index in [2.05, 4.69) is 21.6 Å². The van der Waals surface area contributed by atoms with E-state index >= 15 is 0 Å². The minimum atomic E-state index is -0.185. The van der Waals surface area contributed by atoms with Gasteiger partial charge in [-0.05, 0) is 43.0 Å². The van der Waals surface area contributed by atoms with Crippen molar-refractivity contribution in [2.45, 2.75) is 32.9 Å². The predicted molar refractivity (Wildman–Crippen MR) is 106 cm³/mol. The lowest BCUT2D eigenvalue weighted by Gasteiger charge is -2.21. The van der Waals surface area contributed by atoms with Crippen LogP contribution in [0.3, 0.4) is 0 Å². The van der Waals surface area contributed by atoms with Crippen LogP contribution >= 0.6 is 0 Å². The van der Waals surface area contributed by atoms with E-state index in [-0.39, 0.29) is 6.03 Å². The van der Waals surface area contributed by atoms with E-state index in [1.165, 1.54) is 12.8 Å². The second-order valence-electron chi connectivity index (χ2n) is 6.47. The number of ether oxygens (including phenoxy) is 1. The quantitative estimate of drug-likeness (QED) is 0.786. The third kappa shape index (κ3) is 4.99. The van der Waals surface area contributed by atoms with Crippen molar-refractivity contribution in [1.82, 2.24) is 5.32 Å². The number of benzene rings is 2. The van der Waals surface area contributed by atoms with Crippen LogP contribution in [0.1, 0.15) is 30.9 Å². The molecule has 138 valence electrons. The van der Waals surface area contributed by atoms with Crippen LogP contribution in [0, 0.1) is 0 Å². The SMILES string of the molecule is CCOCc1ccc(CNC(=O)Nc2ccccc2N2CCCC2)cc1. The van der Waals surface area contributed by atoms with Crippen LogP contribution < -0.4 is 15.5 Å². The number of rotatable bonds is 7. The van der Waals surface area contributed by atoms with E-state index in [4.69, 9.17) is 4.74 Å². The molecule has 0 spiro atoms. The van der Waals surface area contributed by atoms with Gasteiger partial charge in [-0.25, -0.2) is 4.79 Å². The molecule has 3 rings (SSSR count). The number of para-hydroxylation sites is 2. The van der Waals surface area contributed by atoms with Crippen molar-refractivity contribution >= 4 is 17.4 Å². The molecule has 5 nitrogen and oxygen atoms in total. The van der Waals surface area contributed by atoms with E-state index in [0.29, 0.717) is 19.8 Å². The lowest BCUT2D eigenvalue weighted by molar-refractivity contribution is 0.134. The van der Waals surface area contributed by atoms with Crippen LogP contribution in [0.2, 0.25) is 0 Å². The largest absolute Gasteiger partial charge is 0.377 e. The highest BCUT2D eigenvalue weighted by Gasteiger charge is 2.16. The first-order chi connectivity index (χ1) is 12.8. The van der Waals surface area contributed by atoms with Crippen molar-refractivity contribution in [2.24, 2.45) is 0 Å². The minimum absolute atomic E-state index is 0.185. The molecule has 2 aromatic carbocycles. The molecule has 2 N–H and O–H groups in total. The summed E-state index contributed by atoms with van der Waals surface area (Å²) in [6, 6.07) is 15.9. The van der Waals surface area contributed by atoms with Crippen LogP contribution in [0.5, 0.6) is 0 Å². The Kier molecular flexibility index (Phi) is 6.50. The Bertz CT molecular complexity index is 709. The van der Waals surface area contributed by atoms with E-state index in [0.717, 1.165) is 35.6 Å².